The monoisotopic (exact) mass is 473 g/mol. The average Bonchev–Trinajstić information content (AvgIpc) is 3.16. The van der Waals surface area contributed by atoms with Gasteiger partial charge in [-0.15, -0.1) is 0 Å². The molecule has 1 aliphatic rings. The lowest BCUT2D eigenvalue weighted by Gasteiger charge is -2.17. The minimum atomic E-state index is -3.24. The molecule has 2 aromatic rings. The molecule has 0 aliphatic carbocycles. The number of amides is 2. The summed E-state index contributed by atoms with van der Waals surface area (Å²) in [5.74, 6) is 0.156. The highest BCUT2D eigenvalue weighted by atomic mass is 32.2. The first-order chi connectivity index (χ1) is 15.7. The van der Waals surface area contributed by atoms with E-state index in [2.05, 4.69) is 5.32 Å². The molecule has 0 saturated carbocycles. The quantitative estimate of drug-likeness (QED) is 0.620. The van der Waals surface area contributed by atoms with Crippen LogP contribution in [0.2, 0.25) is 0 Å². The molecule has 1 saturated heterocycles. The molecule has 2 aromatic carbocycles. The molecule has 0 spiro atoms. The number of carbonyl (C=O) groups excluding carboxylic acids is 2. The lowest BCUT2D eigenvalue weighted by atomic mass is 10.1. The number of carbonyl (C=O) groups is 2. The maximum atomic E-state index is 12.6. The molecule has 1 aliphatic heterocycles. The van der Waals surface area contributed by atoms with Gasteiger partial charge < -0.3 is 19.7 Å². The van der Waals surface area contributed by atoms with E-state index in [0.29, 0.717) is 30.2 Å². The van der Waals surface area contributed by atoms with Crippen LogP contribution in [0, 0.1) is 0 Å². The molecule has 1 heterocycles. The van der Waals surface area contributed by atoms with Crippen molar-refractivity contribution in [3.8, 4) is 11.5 Å². The van der Waals surface area contributed by atoms with Crippen LogP contribution in [0.3, 0.4) is 0 Å². The molecule has 176 valence electrons. The van der Waals surface area contributed by atoms with E-state index in [0.717, 1.165) is 5.56 Å². The molecule has 1 fully saturated rings. The number of hydrogen-bond acceptors (Lipinski definition) is 6. The van der Waals surface area contributed by atoms with Crippen molar-refractivity contribution in [3.05, 3.63) is 53.6 Å². The Labute approximate surface area is 193 Å². The molecule has 2 amide bonds. The van der Waals surface area contributed by atoms with Crippen LogP contribution < -0.4 is 19.1 Å². The van der Waals surface area contributed by atoms with Crippen LogP contribution in [0.25, 0.3) is 6.08 Å². The molecule has 0 atom stereocenters. The van der Waals surface area contributed by atoms with E-state index in [9.17, 15) is 18.0 Å². The molecule has 10 heteroatoms. The Morgan fingerprint density at radius 1 is 1.06 bits per heavy atom. The van der Waals surface area contributed by atoms with Gasteiger partial charge in [0.1, 0.15) is 0 Å². The summed E-state index contributed by atoms with van der Waals surface area (Å²) in [5.41, 5.74) is 1.87. The summed E-state index contributed by atoms with van der Waals surface area (Å²) in [7, 11) is 2.92. The van der Waals surface area contributed by atoms with Gasteiger partial charge in [-0.1, -0.05) is 12.1 Å². The number of ether oxygens (including phenoxy) is 2. The van der Waals surface area contributed by atoms with Gasteiger partial charge in [0.05, 0.1) is 36.9 Å². The van der Waals surface area contributed by atoms with Crippen LogP contribution in [-0.4, -0.2) is 65.7 Å². The van der Waals surface area contributed by atoms with Gasteiger partial charge in [0.15, 0.2) is 11.5 Å². The third-order valence-electron chi connectivity index (χ3n) is 5.13. The summed E-state index contributed by atoms with van der Waals surface area (Å²) in [6, 6.07) is 9.96. The normalized spacial score (nSPS) is 14.8. The molecule has 0 aromatic heterocycles. The lowest BCUT2D eigenvalue weighted by molar-refractivity contribution is -0.111. The van der Waals surface area contributed by atoms with E-state index in [1.807, 2.05) is 0 Å². The average molecular weight is 474 g/mol. The van der Waals surface area contributed by atoms with Crippen LogP contribution in [-0.2, 0) is 14.8 Å². The van der Waals surface area contributed by atoms with E-state index >= 15 is 0 Å². The topological polar surface area (TPSA) is 105 Å². The molecular weight excluding hydrogens is 446 g/mol. The SMILES string of the molecule is COc1cc(NC(=O)/C=C/c2ccc(N3CCCS3(=O)=O)cc2)c(C(=O)N(C)C)cc1OC. The van der Waals surface area contributed by atoms with Crippen molar-refractivity contribution in [1.82, 2.24) is 4.90 Å². The Kier molecular flexibility index (Phi) is 7.27. The van der Waals surface area contributed by atoms with Crippen molar-refractivity contribution in [1.29, 1.82) is 0 Å². The second-order valence-electron chi connectivity index (χ2n) is 7.61. The number of benzene rings is 2. The van der Waals surface area contributed by atoms with Crippen LogP contribution in [0.4, 0.5) is 11.4 Å². The number of nitrogens with zero attached hydrogens (tertiary/aromatic N) is 2. The van der Waals surface area contributed by atoms with Crippen LogP contribution in [0.5, 0.6) is 11.5 Å². The smallest absolute Gasteiger partial charge is 0.255 e. The van der Waals surface area contributed by atoms with E-state index in [1.54, 1.807) is 44.4 Å². The van der Waals surface area contributed by atoms with Gasteiger partial charge in [-0.05, 0) is 36.3 Å². The lowest BCUT2D eigenvalue weighted by Crippen LogP contribution is -2.24. The van der Waals surface area contributed by atoms with Crippen molar-refractivity contribution in [3.63, 3.8) is 0 Å². The number of hydrogen-bond donors (Lipinski definition) is 1. The predicted molar refractivity (Wildman–Crippen MR) is 127 cm³/mol. The first kappa shape index (κ1) is 24.1. The molecule has 0 radical (unpaired) electrons. The molecule has 33 heavy (non-hydrogen) atoms. The number of anilines is 2. The fourth-order valence-electron chi connectivity index (χ4n) is 3.43. The summed E-state index contributed by atoms with van der Waals surface area (Å²) in [4.78, 5) is 26.6. The Morgan fingerprint density at radius 2 is 1.70 bits per heavy atom. The van der Waals surface area contributed by atoms with Gasteiger partial charge in [0.2, 0.25) is 15.9 Å². The number of sulfonamides is 1. The van der Waals surface area contributed by atoms with E-state index in [4.69, 9.17) is 9.47 Å². The molecule has 1 N–H and O–H groups in total. The van der Waals surface area contributed by atoms with Gasteiger partial charge in [0, 0.05) is 32.8 Å². The third kappa shape index (κ3) is 5.46. The number of nitrogens with one attached hydrogen (secondary N) is 1. The molecule has 0 unspecified atom stereocenters. The highest BCUT2D eigenvalue weighted by molar-refractivity contribution is 7.93. The standard InChI is InChI=1S/C23H27N3O6S/c1-25(2)23(28)18-14-20(31-3)21(32-4)15-19(18)24-22(27)11-8-16-6-9-17(10-7-16)26-12-5-13-33(26,29)30/h6-11,14-15H,5,12-13H2,1-4H3,(H,24,27)/b11-8+. The summed E-state index contributed by atoms with van der Waals surface area (Å²) in [6.45, 7) is 0.471. The van der Waals surface area contributed by atoms with Crippen molar-refractivity contribution in [2.24, 2.45) is 0 Å². The molecule has 3 rings (SSSR count). The second-order valence-corrected chi connectivity index (χ2v) is 9.62. The van der Waals surface area contributed by atoms with Crippen molar-refractivity contribution in [2.45, 2.75) is 6.42 Å². The third-order valence-corrected chi connectivity index (χ3v) is 7.00. The minimum absolute atomic E-state index is 0.156. The summed E-state index contributed by atoms with van der Waals surface area (Å²) in [5, 5.41) is 2.71. The zero-order valence-corrected chi connectivity index (χ0v) is 19.8. The Balaban J connectivity index is 1.78. The summed E-state index contributed by atoms with van der Waals surface area (Å²) >= 11 is 0. The summed E-state index contributed by atoms with van der Waals surface area (Å²) < 4.78 is 36.1. The van der Waals surface area contributed by atoms with Crippen LogP contribution in [0.15, 0.2) is 42.5 Å². The van der Waals surface area contributed by atoms with Gasteiger partial charge >= 0.3 is 0 Å². The van der Waals surface area contributed by atoms with Crippen molar-refractivity contribution < 1.29 is 27.5 Å². The fraction of sp³-hybridized carbons (Fsp3) is 0.304. The minimum Gasteiger partial charge on any atom is -0.493 e. The Bertz CT molecular complexity index is 1170. The van der Waals surface area contributed by atoms with E-state index < -0.39 is 15.9 Å². The maximum Gasteiger partial charge on any atom is 0.255 e. The zero-order valence-electron chi connectivity index (χ0n) is 19.0. The zero-order chi connectivity index (χ0) is 24.2. The Hall–Kier alpha value is -3.53. The van der Waals surface area contributed by atoms with Gasteiger partial charge in [0.25, 0.3) is 5.91 Å². The van der Waals surface area contributed by atoms with Gasteiger partial charge in [-0.25, -0.2) is 8.42 Å². The molecular formula is C23H27N3O6S. The largest absolute Gasteiger partial charge is 0.493 e. The highest BCUT2D eigenvalue weighted by Crippen LogP contribution is 2.34. The second kappa shape index (κ2) is 9.95. The fourth-order valence-corrected chi connectivity index (χ4v) is 4.99. The van der Waals surface area contributed by atoms with E-state index in [1.165, 1.54) is 41.6 Å². The number of rotatable bonds is 7. The molecule has 0 bridgehead atoms. The van der Waals surface area contributed by atoms with Crippen LogP contribution in [0.1, 0.15) is 22.3 Å². The highest BCUT2D eigenvalue weighted by Gasteiger charge is 2.28. The van der Waals surface area contributed by atoms with Crippen LogP contribution >= 0.6 is 0 Å². The maximum absolute atomic E-state index is 12.6. The van der Waals surface area contributed by atoms with Gasteiger partial charge in [-0.3, -0.25) is 13.9 Å². The first-order valence-corrected chi connectivity index (χ1v) is 11.8. The Morgan fingerprint density at radius 3 is 2.24 bits per heavy atom. The first-order valence-electron chi connectivity index (χ1n) is 10.2. The molecule has 9 nitrogen and oxygen atoms in total. The van der Waals surface area contributed by atoms with E-state index in [-0.39, 0.29) is 22.9 Å². The predicted octanol–water partition coefficient (Wildman–Crippen LogP) is 2.60. The number of methoxy groups -OCH3 is 2. The summed E-state index contributed by atoms with van der Waals surface area (Å²) in [6.07, 6.45) is 3.55. The van der Waals surface area contributed by atoms with Gasteiger partial charge in [-0.2, -0.15) is 0 Å². The van der Waals surface area contributed by atoms with Crippen molar-refractivity contribution >= 4 is 39.3 Å². The van der Waals surface area contributed by atoms with Crippen molar-refractivity contribution in [2.75, 3.05) is 50.2 Å².